The van der Waals surface area contributed by atoms with Crippen molar-refractivity contribution in [3.63, 3.8) is 0 Å². The Labute approximate surface area is 62.0 Å². The molecule has 0 aromatic carbocycles. The van der Waals surface area contributed by atoms with Gasteiger partial charge in [-0.15, -0.1) is 0 Å². The van der Waals surface area contributed by atoms with Gasteiger partial charge in [-0.25, -0.2) is 0 Å². The molecule has 4 nitrogen and oxygen atoms in total. The molecule has 0 rings (SSSR count). The van der Waals surface area contributed by atoms with Crippen LogP contribution in [0.1, 0.15) is 0 Å². The van der Waals surface area contributed by atoms with Crippen LogP contribution in [-0.4, -0.2) is 45.1 Å². The number of likely N-dealkylation sites (N-methyl/N-ethyl adjacent to an activating group) is 3. The zero-order valence-electron chi connectivity index (χ0n) is 6.86. The van der Waals surface area contributed by atoms with Crippen LogP contribution in [0.2, 0.25) is 0 Å². The Hall–Kier alpha value is -0.160. The van der Waals surface area contributed by atoms with Gasteiger partial charge in [0.1, 0.15) is 5.72 Å². The third-order valence-corrected chi connectivity index (χ3v) is 1.40. The predicted octanol–water partition coefficient (Wildman–Crippen LogP) is -1.67. The molecule has 0 unspecified atom stereocenters. The largest absolute Gasteiger partial charge is 0.373 e. The van der Waals surface area contributed by atoms with E-state index in [1.165, 1.54) is 0 Å². The summed E-state index contributed by atoms with van der Waals surface area (Å²) in [7, 11) is 5.34. The van der Waals surface area contributed by atoms with E-state index in [9.17, 15) is 5.11 Å². The third-order valence-electron chi connectivity index (χ3n) is 1.40. The summed E-state index contributed by atoms with van der Waals surface area (Å²) in [4.78, 5) is 0. The average molecular weight is 147 g/mol. The molecule has 0 aromatic rings. The molecule has 62 valence electrons. The number of nitrogens with one attached hydrogen (secondary N) is 3. The Balaban J connectivity index is 3.69. The van der Waals surface area contributed by atoms with E-state index in [1.54, 1.807) is 21.1 Å². The first kappa shape index (κ1) is 9.84. The van der Waals surface area contributed by atoms with E-state index >= 15 is 0 Å². The zero-order chi connectivity index (χ0) is 8.04. The summed E-state index contributed by atoms with van der Waals surface area (Å²) in [5, 5.41) is 18.2. The zero-order valence-corrected chi connectivity index (χ0v) is 6.86. The Bertz CT molecular complexity index is 81.1. The van der Waals surface area contributed by atoms with Gasteiger partial charge in [-0.2, -0.15) is 0 Å². The molecule has 0 spiro atoms. The highest BCUT2D eigenvalue weighted by Gasteiger charge is 2.21. The molecular weight excluding hydrogens is 130 g/mol. The Kier molecular flexibility index (Phi) is 4.55. The second-order valence-corrected chi connectivity index (χ2v) is 2.34. The highest BCUT2D eigenvalue weighted by molar-refractivity contribution is 4.77. The summed E-state index contributed by atoms with van der Waals surface area (Å²) >= 11 is 0. The second kappa shape index (κ2) is 4.62. The van der Waals surface area contributed by atoms with E-state index in [0.717, 1.165) is 0 Å². The molecule has 0 aromatic heterocycles. The fourth-order valence-electron chi connectivity index (χ4n) is 0.824. The maximum atomic E-state index is 9.58. The molecule has 10 heavy (non-hydrogen) atoms. The summed E-state index contributed by atoms with van der Waals surface area (Å²) in [6, 6.07) is 0. The van der Waals surface area contributed by atoms with Gasteiger partial charge in [0.15, 0.2) is 0 Å². The van der Waals surface area contributed by atoms with Crippen LogP contribution in [0.3, 0.4) is 0 Å². The molecule has 0 saturated heterocycles. The lowest BCUT2D eigenvalue weighted by Gasteiger charge is -2.26. The molecule has 0 radical (unpaired) electrons. The van der Waals surface area contributed by atoms with Crippen LogP contribution in [0.4, 0.5) is 0 Å². The minimum absolute atomic E-state index is 0.532. The van der Waals surface area contributed by atoms with E-state index in [1.807, 2.05) is 0 Å². The molecule has 0 atom stereocenters. The van der Waals surface area contributed by atoms with Crippen molar-refractivity contribution in [2.45, 2.75) is 5.72 Å². The predicted molar refractivity (Wildman–Crippen MR) is 41.9 cm³/mol. The van der Waals surface area contributed by atoms with Crippen molar-refractivity contribution in [1.82, 2.24) is 16.0 Å². The number of rotatable bonds is 5. The lowest BCUT2D eigenvalue weighted by molar-refractivity contribution is 0.0175. The van der Waals surface area contributed by atoms with Gasteiger partial charge < -0.3 is 15.7 Å². The molecular formula is C6H17N3O. The Morgan fingerprint density at radius 2 is 1.50 bits per heavy atom. The molecule has 0 saturated carbocycles. The first-order valence-corrected chi connectivity index (χ1v) is 3.39. The topological polar surface area (TPSA) is 56.3 Å². The van der Waals surface area contributed by atoms with Gasteiger partial charge in [0.25, 0.3) is 0 Å². The van der Waals surface area contributed by atoms with Crippen molar-refractivity contribution < 1.29 is 5.11 Å². The quantitative estimate of drug-likeness (QED) is 0.351. The Morgan fingerprint density at radius 1 is 1.10 bits per heavy atom. The van der Waals surface area contributed by atoms with Crippen LogP contribution < -0.4 is 16.0 Å². The van der Waals surface area contributed by atoms with Crippen molar-refractivity contribution in [1.29, 1.82) is 0 Å². The van der Waals surface area contributed by atoms with Gasteiger partial charge in [-0.1, -0.05) is 0 Å². The van der Waals surface area contributed by atoms with E-state index in [2.05, 4.69) is 16.0 Å². The van der Waals surface area contributed by atoms with Crippen LogP contribution in [0, 0.1) is 0 Å². The molecule has 4 heteroatoms. The van der Waals surface area contributed by atoms with Gasteiger partial charge in [0.2, 0.25) is 0 Å². The highest BCUT2D eigenvalue weighted by Crippen LogP contribution is 1.92. The van der Waals surface area contributed by atoms with Crippen LogP contribution in [0.15, 0.2) is 0 Å². The monoisotopic (exact) mass is 147 g/mol. The highest BCUT2D eigenvalue weighted by atomic mass is 16.3. The summed E-state index contributed by atoms with van der Waals surface area (Å²) < 4.78 is 0. The smallest absolute Gasteiger partial charge is 0.140 e. The minimum atomic E-state index is -0.830. The summed E-state index contributed by atoms with van der Waals surface area (Å²) in [5.41, 5.74) is -0.830. The van der Waals surface area contributed by atoms with Gasteiger partial charge in [-0.05, 0) is 21.1 Å². The molecule has 0 heterocycles. The molecule has 0 aliphatic rings. The molecule has 0 amide bonds. The van der Waals surface area contributed by atoms with E-state index in [0.29, 0.717) is 13.1 Å². The summed E-state index contributed by atoms with van der Waals surface area (Å²) in [5.74, 6) is 0. The van der Waals surface area contributed by atoms with Gasteiger partial charge in [0.05, 0.1) is 0 Å². The standard InChI is InChI=1S/C6H17N3O/c1-7-4-6(10,9-3)5-8-2/h7-10H,4-5H2,1-3H3. The van der Waals surface area contributed by atoms with Gasteiger partial charge in [-0.3, -0.25) is 5.32 Å². The molecule has 0 aliphatic heterocycles. The van der Waals surface area contributed by atoms with Crippen molar-refractivity contribution in [2.24, 2.45) is 0 Å². The number of hydrogen-bond donors (Lipinski definition) is 4. The van der Waals surface area contributed by atoms with Crippen LogP contribution >= 0.6 is 0 Å². The second-order valence-electron chi connectivity index (χ2n) is 2.34. The fraction of sp³-hybridized carbons (Fsp3) is 1.00. The lowest BCUT2D eigenvalue weighted by atomic mass is 10.2. The first-order valence-electron chi connectivity index (χ1n) is 3.39. The third kappa shape index (κ3) is 3.12. The molecule has 0 aliphatic carbocycles. The van der Waals surface area contributed by atoms with Gasteiger partial charge in [0, 0.05) is 13.1 Å². The average Bonchev–Trinajstić information content (AvgIpc) is 1.89. The van der Waals surface area contributed by atoms with Gasteiger partial charge >= 0.3 is 0 Å². The maximum Gasteiger partial charge on any atom is 0.140 e. The van der Waals surface area contributed by atoms with Crippen molar-refractivity contribution >= 4 is 0 Å². The first-order chi connectivity index (χ1) is 4.68. The van der Waals surface area contributed by atoms with Crippen molar-refractivity contribution in [2.75, 3.05) is 34.2 Å². The SMILES string of the molecule is CNCC(O)(CNC)NC. The van der Waals surface area contributed by atoms with E-state index < -0.39 is 5.72 Å². The van der Waals surface area contributed by atoms with E-state index in [4.69, 9.17) is 0 Å². The summed E-state index contributed by atoms with van der Waals surface area (Å²) in [6.45, 7) is 1.06. The normalized spacial score (nSPS) is 12.0. The lowest BCUT2D eigenvalue weighted by Crippen LogP contribution is -2.56. The number of hydrogen-bond acceptors (Lipinski definition) is 4. The fourth-order valence-corrected chi connectivity index (χ4v) is 0.824. The van der Waals surface area contributed by atoms with Crippen molar-refractivity contribution in [3.8, 4) is 0 Å². The van der Waals surface area contributed by atoms with Crippen LogP contribution in [-0.2, 0) is 0 Å². The van der Waals surface area contributed by atoms with E-state index in [-0.39, 0.29) is 0 Å². The molecule has 4 N–H and O–H groups in total. The molecule has 0 bridgehead atoms. The molecule has 0 fully saturated rings. The summed E-state index contributed by atoms with van der Waals surface area (Å²) in [6.07, 6.45) is 0. The number of aliphatic hydroxyl groups is 1. The maximum absolute atomic E-state index is 9.58. The Morgan fingerprint density at radius 3 is 1.70 bits per heavy atom. The minimum Gasteiger partial charge on any atom is -0.373 e. The van der Waals surface area contributed by atoms with Crippen molar-refractivity contribution in [3.05, 3.63) is 0 Å². The van der Waals surface area contributed by atoms with Crippen LogP contribution in [0.5, 0.6) is 0 Å². The van der Waals surface area contributed by atoms with Crippen LogP contribution in [0.25, 0.3) is 0 Å².